The fourth-order valence-electron chi connectivity index (χ4n) is 2.23. The average Bonchev–Trinajstić information content (AvgIpc) is 2.35. The minimum atomic E-state index is 0.190. The molecule has 0 saturated carbocycles. The zero-order valence-electron chi connectivity index (χ0n) is 14.3. The Hall–Kier alpha value is -0.730. The maximum absolute atomic E-state index is 6.31. The second kappa shape index (κ2) is 7.51. The molecule has 120 valence electrons. The monoisotopic (exact) mass is 311 g/mol. The summed E-state index contributed by atoms with van der Waals surface area (Å²) in [6.07, 6.45) is 3.30. The summed E-state index contributed by atoms with van der Waals surface area (Å²) in [5.74, 6) is 0.817. The summed E-state index contributed by atoms with van der Waals surface area (Å²) in [6, 6.07) is 5.95. The van der Waals surface area contributed by atoms with Gasteiger partial charge in [0.05, 0.1) is 7.11 Å². The van der Waals surface area contributed by atoms with Crippen LogP contribution >= 0.6 is 11.6 Å². The molecule has 0 saturated heterocycles. The Labute approximate surface area is 135 Å². The van der Waals surface area contributed by atoms with Crippen LogP contribution in [0.15, 0.2) is 18.2 Å². The van der Waals surface area contributed by atoms with Crippen molar-refractivity contribution in [2.45, 2.75) is 59.4 Å². The normalized spacial score (nSPS) is 12.5. The van der Waals surface area contributed by atoms with Crippen molar-refractivity contribution in [1.82, 2.24) is 5.32 Å². The number of nitrogens with one attached hydrogen (secondary N) is 1. The molecule has 0 amide bonds. The Morgan fingerprint density at radius 1 is 1.10 bits per heavy atom. The van der Waals surface area contributed by atoms with Gasteiger partial charge in [-0.2, -0.15) is 0 Å². The van der Waals surface area contributed by atoms with Gasteiger partial charge in [-0.05, 0) is 69.7 Å². The number of halogens is 1. The second-order valence-corrected chi connectivity index (χ2v) is 7.96. The first-order valence-corrected chi connectivity index (χ1v) is 8.08. The van der Waals surface area contributed by atoms with Crippen LogP contribution in [-0.2, 0) is 6.42 Å². The van der Waals surface area contributed by atoms with Gasteiger partial charge in [0.1, 0.15) is 5.75 Å². The van der Waals surface area contributed by atoms with Crippen molar-refractivity contribution in [2.24, 2.45) is 5.41 Å². The van der Waals surface area contributed by atoms with E-state index in [0.29, 0.717) is 5.41 Å². The number of ether oxygens (including phenoxy) is 1. The summed E-state index contributed by atoms with van der Waals surface area (Å²) < 4.78 is 5.19. The number of benzene rings is 1. The van der Waals surface area contributed by atoms with Gasteiger partial charge < -0.3 is 10.1 Å². The molecule has 0 aliphatic carbocycles. The molecular weight excluding hydrogens is 282 g/mol. The van der Waals surface area contributed by atoms with Crippen molar-refractivity contribution in [3.05, 3.63) is 28.8 Å². The van der Waals surface area contributed by atoms with Crippen molar-refractivity contribution in [3.8, 4) is 5.75 Å². The molecule has 1 aromatic carbocycles. The third-order valence-electron chi connectivity index (χ3n) is 3.79. The van der Waals surface area contributed by atoms with Crippen molar-refractivity contribution in [2.75, 3.05) is 13.7 Å². The standard InChI is InChI=1S/C18H30ClNO/c1-17(2,3)20-12-11-18(4,5)10-9-14-7-8-15(21-6)13-16(14)19/h7-8,13,20H,9-12H2,1-6H3. The number of methoxy groups -OCH3 is 1. The fourth-order valence-corrected chi connectivity index (χ4v) is 2.50. The van der Waals surface area contributed by atoms with E-state index in [-0.39, 0.29) is 5.54 Å². The van der Waals surface area contributed by atoms with E-state index in [1.54, 1.807) is 7.11 Å². The topological polar surface area (TPSA) is 21.3 Å². The van der Waals surface area contributed by atoms with Gasteiger partial charge >= 0.3 is 0 Å². The van der Waals surface area contributed by atoms with Crippen LogP contribution in [0, 0.1) is 5.41 Å². The Morgan fingerprint density at radius 2 is 1.76 bits per heavy atom. The number of hydrogen-bond acceptors (Lipinski definition) is 2. The van der Waals surface area contributed by atoms with E-state index < -0.39 is 0 Å². The lowest BCUT2D eigenvalue weighted by molar-refractivity contribution is 0.284. The van der Waals surface area contributed by atoms with Crippen molar-refractivity contribution in [3.63, 3.8) is 0 Å². The largest absolute Gasteiger partial charge is 0.497 e. The van der Waals surface area contributed by atoms with Crippen LogP contribution in [-0.4, -0.2) is 19.2 Å². The lowest BCUT2D eigenvalue weighted by atomic mass is 9.83. The summed E-state index contributed by atoms with van der Waals surface area (Å²) in [7, 11) is 1.66. The summed E-state index contributed by atoms with van der Waals surface area (Å²) in [5.41, 5.74) is 1.70. The third kappa shape index (κ3) is 7.19. The van der Waals surface area contributed by atoms with Crippen molar-refractivity contribution >= 4 is 11.6 Å². The summed E-state index contributed by atoms with van der Waals surface area (Å²) in [5, 5.41) is 4.36. The molecule has 1 aromatic rings. The van der Waals surface area contributed by atoms with Crippen LogP contribution < -0.4 is 10.1 Å². The summed E-state index contributed by atoms with van der Waals surface area (Å²) in [4.78, 5) is 0. The molecule has 1 N–H and O–H groups in total. The lowest BCUT2D eigenvalue weighted by Crippen LogP contribution is -2.38. The van der Waals surface area contributed by atoms with Crippen molar-refractivity contribution < 1.29 is 4.74 Å². The molecule has 0 spiro atoms. The smallest absolute Gasteiger partial charge is 0.120 e. The maximum Gasteiger partial charge on any atom is 0.120 e. The predicted octanol–water partition coefficient (Wildman–Crippen LogP) is 5.09. The first kappa shape index (κ1) is 18.3. The highest BCUT2D eigenvalue weighted by Crippen LogP contribution is 2.30. The molecule has 0 unspecified atom stereocenters. The van der Waals surface area contributed by atoms with Gasteiger partial charge in [0.2, 0.25) is 0 Å². The highest BCUT2D eigenvalue weighted by Gasteiger charge is 2.19. The molecule has 0 aliphatic heterocycles. The Balaban J connectivity index is 2.49. The highest BCUT2D eigenvalue weighted by molar-refractivity contribution is 6.31. The second-order valence-electron chi connectivity index (χ2n) is 7.55. The van der Waals surface area contributed by atoms with E-state index in [0.717, 1.165) is 36.6 Å². The fraction of sp³-hybridized carbons (Fsp3) is 0.667. The molecule has 1 rings (SSSR count). The molecule has 3 heteroatoms. The first-order valence-electron chi connectivity index (χ1n) is 7.70. The van der Waals surface area contributed by atoms with Crippen LogP contribution in [0.3, 0.4) is 0 Å². The van der Waals surface area contributed by atoms with Crippen LogP contribution in [0.5, 0.6) is 5.75 Å². The molecular formula is C18H30ClNO. The minimum Gasteiger partial charge on any atom is -0.497 e. The van der Waals surface area contributed by atoms with Gasteiger partial charge in [0.25, 0.3) is 0 Å². The van der Waals surface area contributed by atoms with E-state index in [1.807, 2.05) is 12.1 Å². The SMILES string of the molecule is COc1ccc(CCC(C)(C)CCNC(C)(C)C)c(Cl)c1. The molecule has 0 aromatic heterocycles. The Kier molecular flexibility index (Phi) is 6.55. The first-order chi connectivity index (χ1) is 9.63. The van der Waals surface area contributed by atoms with Gasteiger partial charge in [-0.1, -0.05) is 31.5 Å². The summed E-state index contributed by atoms with van der Waals surface area (Å²) in [6.45, 7) is 12.3. The molecule has 2 nitrogen and oxygen atoms in total. The zero-order chi connectivity index (χ0) is 16.1. The van der Waals surface area contributed by atoms with Gasteiger partial charge in [0.15, 0.2) is 0 Å². The Bertz CT molecular complexity index is 449. The van der Waals surface area contributed by atoms with Crippen molar-refractivity contribution in [1.29, 1.82) is 0 Å². The number of rotatable bonds is 7. The van der Waals surface area contributed by atoms with E-state index >= 15 is 0 Å². The maximum atomic E-state index is 6.31. The van der Waals surface area contributed by atoms with E-state index in [1.165, 1.54) is 5.56 Å². The average molecular weight is 312 g/mol. The summed E-state index contributed by atoms with van der Waals surface area (Å²) >= 11 is 6.31. The van der Waals surface area contributed by atoms with Crippen LogP contribution in [0.2, 0.25) is 5.02 Å². The molecule has 0 atom stereocenters. The molecule has 0 bridgehead atoms. The van der Waals surface area contributed by atoms with Crippen LogP contribution in [0.4, 0.5) is 0 Å². The molecule has 0 fully saturated rings. The minimum absolute atomic E-state index is 0.190. The van der Waals surface area contributed by atoms with E-state index in [4.69, 9.17) is 16.3 Å². The van der Waals surface area contributed by atoms with Crippen LogP contribution in [0.1, 0.15) is 53.0 Å². The Morgan fingerprint density at radius 3 is 2.29 bits per heavy atom. The number of aryl methyl sites for hydroxylation is 1. The van der Waals surface area contributed by atoms with E-state index in [9.17, 15) is 0 Å². The third-order valence-corrected chi connectivity index (χ3v) is 4.14. The molecule has 21 heavy (non-hydrogen) atoms. The zero-order valence-corrected chi connectivity index (χ0v) is 15.1. The van der Waals surface area contributed by atoms with Gasteiger partial charge in [0, 0.05) is 10.6 Å². The highest BCUT2D eigenvalue weighted by atomic mass is 35.5. The molecule has 0 heterocycles. The van der Waals surface area contributed by atoms with Gasteiger partial charge in [-0.25, -0.2) is 0 Å². The van der Waals surface area contributed by atoms with Gasteiger partial charge in [-0.3, -0.25) is 0 Å². The van der Waals surface area contributed by atoms with Gasteiger partial charge in [-0.15, -0.1) is 0 Å². The molecule has 0 aliphatic rings. The van der Waals surface area contributed by atoms with E-state index in [2.05, 4.69) is 46.0 Å². The number of hydrogen-bond donors (Lipinski definition) is 1. The van der Waals surface area contributed by atoms with Crippen LogP contribution in [0.25, 0.3) is 0 Å². The predicted molar refractivity (Wildman–Crippen MR) is 92.5 cm³/mol. The quantitative estimate of drug-likeness (QED) is 0.757. The molecule has 0 radical (unpaired) electrons. The lowest BCUT2D eigenvalue weighted by Gasteiger charge is -2.28.